The Labute approximate surface area is 175 Å². The van der Waals surface area contributed by atoms with Gasteiger partial charge < -0.3 is 15.3 Å². The van der Waals surface area contributed by atoms with Crippen molar-refractivity contribution in [3.63, 3.8) is 0 Å². The SMILES string of the molecule is Cn1cc(-c2ccc(-c3cc4c(nn3)N(C3C[C@H]5CC[C@@H](C3)N5)CC4)c(O)c2)cn1. The predicted octanol–water partition coefficient (Wildman–Crippen LogP) is 2.90. The topological polar surface area (TPSA) is 79.1 Å². The number of anilines is 1. The Bertz CT molecular complexity index is 1100. The zero-order valence-corrected chi connectivity index (χ0v) is 17.1. The predicted molar refractivity (Wildman–Crippen MR) is 115 cm³/mol. The fraction of sp³-hybridized carbons (Fsp3) is 0.435. The minimum atomic E-state index is 0.218. The Morgan fingerprint density at radius 2 is 1.90 bits per heavy atom. The Hall–Kier alpha value is -2.93. The molecular formula is C23H26N6O. The van der Waals surface area contributed by atoms with Crippen molar-refractivity contribution in [3.8, 4) is 28.1 Å². The molecule has 30 heavy (non-hydrogen) atoms. The Morgan fingerprint density at radius 3 is 2.63 bits per heavy atom. The molecule has 3 aliphatic rings. The number of rotatable bonds is 3. The average molecular weight is 403 g/mol. The van der Waals surface area contributed by atoms with Gasteiger partial charge in [-0.05, 0) is 55.9 Å². The van der Waals surface area contributed by atoms with Gasteiger partial charge in [0, 0.05) is 54.6 Å². The van der Waals surface area contributed by atoms with Gasteiger partial charge in [0.1, 0.15) is 5.75 Å². The number of hydrogen-bond acceptors (Lipinski definition) is 6. The van der Waals surface area contributed by atoms with Crippen molar-refractivity contribution in [3.05, 3.63) is 42.2 Å². The molecule has 7 nitrogen and oxygen atoms in total. The van der Waals surface area contributed by atoms with Gasteiger partial charge >= 0.3 is 0 Å². The van der Waals surface area contributed by atoms with Crippen LogP contribution in [0, 0.1) is 0 Å². The van der Waals surface area contributed by atoms with Crippen LogP contribution in [0.4, 0.5) is 5.82 Å². The monoisotopic (exact) mass is 402 g/mol. The molecule has 0 spiro atoms. The average Bonchev–Trinajstić information content (AvgIpc) is 3.45. The van der Waals surface area contributed by atoms with E-state index in [2.05, 4.69) is 31.6 Å². The first-order chi connectivity index (χ1) is 14.6. The minimum absolute atomic E-state index is 0.218. The highest BCUT2D eigenvalue weighted by Gasteiger charge is 2.38. The van der Waals surface area contributed by atoms with Crippen LogP contribution >= 0.6 is 0 Å². The van der Waals surface area contributed by atoms with Crippen molar-refractivity contribution in [2.24, 2.45) is 7.05 Å². The van der Waals surface area contributed by atoms with Crippen LogP contribution in [0.3, 0.4) is 0 Å². The van der Waals surface area contributed by atoms with E-state index < -0.39 is 0 Å². The van der Waals surface area contributed by atoms with Gasteiger partial charge in [-0.25, -0.2) is 0 Å². The third kappa shape index (κ3) is 2.96. The summed E-state index contributed by atoms with van der Waals surface area (Å²) in [5.74, 6) is 1.26. The number of hydrogen-bond donors (Lipinski definition) is 2. The molecule has 0 radical (unpaired) electrons. The van der Waals surface area contributed by atoms with Gasteiger partial charge in [-0.15, -0.1) is 10.2 Å². The van der Waals surface area contributed by atoms with Crippen LogP contribution in [0.15, 0.2) is 36.7 Å². The van der Waals surface area contributed by atoms with Gasteiger partial charge in [-0.1, -0.05) is 6.07 Å². The number of aryl methyl sites for hydroxylation is 1. The Kier molecular flexibility index (Phi) is 4.06. The highest BCUT2D eigenvalue weighted by molar-refractivity contribution is 5.74. The van der Waals surface area contributed by atoms with Gasteiger partial charge in [-0.2, -0.15) is 5.10 Å². The van der Waals surface area contributed by atoms with Crippen molar-refractivity contribution in [2.45, 2.75) is 50.2 Å². The maximum absolute atomic E-state index is 10.7. The molecule has 3 aliphatic heterocycles. The number of benzene rings is 1. The highest BCUT2D eigenvalue weighted by atomic mass is 16.3. The molecule has 1 aromatic carbocycles. The van der Waals surface area contributed by atoms with E-state index in [1.54, 1.807) is 16.9 Å². The molecule has 154 valence electrons. The molecule has 5 heterocycles. The zero-order chi connectivity index (χ0) is 20.2. The van der Waals surface area contributed by atoms with Crippen LogP contribution < -0.4 is 10.2 Å². The van der Waals surface area contributed by atoms with Gasteiger partial charge in [0.15, 0.2) is 5.82 Å². The zero-order valence-electron chi connectivity index (χ0n) is 17.1. The van der Waals surface area contributed by atoms with Gasteiger partial charge in [0.25, 0.3) is 0 Å². The van der Waals surface area contributed by atoms with E-state index in [0.717, 1.165) is 41.2 Å². The molecule has 2 fully saturated rings. The molecule has 7 heteroatoms. The normalized spacial score (nSPS) is 25.0. The quantitative estimate of drug-likeness (QED) is 0.701. The number of piperidine rings is 1. The first kappa shape index (κ1) is 17.9. The van der Waals surface area contributed by atoms with E-state index in [0.29, 0.717) is 18.1 Å². The fourth-order valence-corrected chi connectivity index (χ4v) is 5.46. The maximum atomic E-state index is 10.7. The summed E-state index contributed by atoms with van der Waals surface area (Å²) in [6, 6.07) is 9.70. The van der Waals surface area contributed by atoms with Crippen molar-refractivity contribution in [1.29, 1.82) is 0 Å². The first-order valence-electron chi connectivity index (χ1n) is 10.9. The summed E-state index contributed by atoms with van der Waals surface area (Å²) in [5, 5.41) is 27.7. The van der Waals surface area contributed by atoms with Crippen LogP contribution in [0.2, 0.25) is 0 Å². The molecule has 2 saturated heterocycles. The van der Waals surface area contributed by atoms with Crippen molar-refractivity contribution in [1.82, 2.24) is 25.3 Å². The van der Waals surface area contributed by atoms with Gasteiger partial charge in [-0.3, -0.25) is 4.68 Å². The minimum Gasteiger partial charge on any atom is -0.507 e. The van der Waals surface area contributed by atoms with Crippen molar-refractivity contribution in [2.75, 3.05) is 11.4 Å². The summed E-state index contributed by atoms with van der Waals surface area (Å²) in [5.41, 5.74) is 4.60. The molecule has 6 rings (SSSR count). The second-order valence-corrected chi connectivity index (χ2v) is 8.92. The molecule has 2 bridgehead atoms. The van der Waals surface area contributed by atoms with Crippen molar-refractivity contribution >= 4 is 5.82 Å². The Balaban J connectivity index is 1.27. The van der Waals surface area contributed by atoms with E-state index in [9.17, 15) is 5.11 Å². The summed E-state index contributed by atoms with van der Waals surface area (Å²) in [6.07, 6.45) is 9.75. The number of aromatic nitrogens is 4. The summed E-state index contributed by atoms with van der Waals surface area (Å²) in [7, 11) is 1.88. The van der Waals surface area contributed by atoms with Crippen LogP contribution in [-0.4, -0.2) is 49.8 Å². The lowest BCUT2D eigenvalue weighted by atomic mass is 9.98. The van der Waals surface area contributed by atoms with Crippen LogP contribution in [0.5, 0.6) is 5.75 Å². The number of phenols is 1. The van der Waals surface area contributed by atoms with Gasteiger partial charge in [0.05, 0.1) is 11.9 Å². The third-order valence-corrected chi connectivity index (χ3v) is 6.95. The molecule has 2 aromatic heterocycles. The number of nitrogens with zero attached hydrogens (tertiary/aromatic N) is 5. The molecular weight excluding hydrogens is 376 g/mol. The van der Waals surface area contributed by atoms with E-state index in [1.807, 2.05) is 25.4 Å². The van der Waals surface area contributed by atoms with Crippen LogP contribution in [0.1, 0.15) is 31.2 Å². The van der Waals surface area contributed by atoms with Crippen LogP contribution in [0.25, 0.3) is 22.4 Å². The van der Waals surface area contributed by atoms with E-state index in [1.165, 1.54) is 31.2 Å². The van der Waals surface area contributed by atoms with Crippen LogP contribution in [-0.2, 0) is 13.5 Å². The summed E-state index contributed by atoms with van der Waals surface area (Å²) in [6.45, 7) is 1.02. The second-order valence-electron chi connectivity index (χ2n) is 8.92. The summed E-state index contributed by atoms with van der Waals surface area (Å²) >= 11 is 0. The van der Waals surface area contributed by atoms with Gasteiger partial charge in [0.2, 0.25) is 0 Å². The molecule has 0 amide bonds. The molecule has 3 atom stereocenters. The lowest BCUT2D eigenvalue weighted by molar-refractivity contribution is 0.349. The van der Waals surface area contributed by atoms with E-state index >= 15 is 0 Å². The second kappa shape index (κ2) is 6.80. The van der Waals surface area contributed by atoms with E-state index in [4.69, 9.17) is 0 Å². The Morgan fingerprint density at radius 1 is 1.07 bits per heavy atom. The maximum Gasteiger partial charge on any atom is 0.154 e. The summed E-state index contributed by atoms with van der Waals surface area (Å²) < 4.78 is 1.76. The first-order valence-corrected chi connectivity index (χ1v) is 10.9. The molecule has 0 aliphatic carbocycles. The molecule has 0 saturated carbocycles. The third-order valence-electron chi connectivity index (χ3n) is 6.95. The standard InChI is InChI=1S/C23H26N6O/c1-28-13-16(12-24-28)14-2-5-20(22(30)9-14)21-8-15-6-7-29(23(15)27-26-21)19-10-17-3-4-18(11-19)25-17/h2,5,8-9,12-13,17-19,25,30H,3-4,6-7,10-11H2,1H3/t17-,18+,19?. The molecule has 2 N–H and O–H groups in total. The number of nitrogens with one attached hydrogen (secondary N) is 1. The fourth-order valence-electron chi connectivity index (χ4n) is 5.46. The smallest absolute Gasteiger partial charge is 0.154 e. The largest absolute Gasteiger partial charge is 0.507 e. The molecule has 3 aromatic rings. The lowest BCUT2D eigenvalue weighted by Crippen LogP contribution is -2.48. The van der Waals surface area contributed by atoms with Crippen molar-refractivity contribution < 1.29 is 5.11 Å². The number of phenolic OH excluding ortho intramolecular Hbond substituents is 1. The number of fused-ring (bicyclic) bond motifs is 3. The lowest BCUT2D eigenvalue weighted by Gasteiger charge is -2.36. The van der Waals surface area contributed by atoms with E-state index in [-0.39, 0.29) is 5.75 Å². The summed E-state index contributed by atoms with van der Waals surface area (Å²) in [4.78, 5) is 2.48. The molecule has 1 unspecified atom stereocenters. The highest BCUT2D eigenvalue weighted by Crippen LogP contribution is 2.38. The number of aromatic hydroxyl groups is 1.